The van der Waals surface area contributed by atoms with Crippen LogP contribution in [0.2, 0.25) is 0 Å². The molecule has 4 nitrogen and oxygen atoms in total. The maximum atomic E-state index is 12.6. The Morgan fingerprint density at radius 1 is 1.03 bits per heavy atom. The molecule has 4 heteroatoms. The Morgan fingerprint density at radius 3 is 2.40 bits per heavy atom. The highest BCUT2D eigenvalue weighted by atomic mass is 16.5. The second-order valence-electron chi connectivity index (χ2n) is 7.82. The molecule has 0 fully saturated rings. The third kappa shape index (κ3) is 4.28. The summed E-state index contributed by atoms with van der Waals surface area (Å²) < 4.78 is 7.84. The highest BCUT2D eigenvalue weighted by molar-refractivity contribution is 6.02. The van der Waals surface area contributed by atoms with Crippen molar-refractivity contribution in [3.63, 3.8) is 0 Å². The van der Waals surface area contributed by atoms with Crippen molar-refractivity contribution in [2.45, 2.75) is 53.0 Å². The molecule has 0 unspecified atom stereocenters. The average Bonchev–Trinajstić information content (AvgIpc) is 3.01. The summed E-state index contributed by atoms with van der Waals surface area (Å²) in [7, 11) is 1.69. The minimum Gasteiger partial charge on any atom is -0.496 e. The lowest BCUT2D eigenvalue weighted by Gasteiger charge is -2.16. The van der Waals surface area contributed by atoms with Crippen molar-refractivity contribution in [1.82, 2.24) is 4.57 Å². The molecule has 0 aliphatic carbocycles. The number of aromatic nitrogens is 1. The van der Waals surface area contributed by atoms with Gasteiger partial charge in [-0.2, -0.15) is 0 Å². The number of primary amides is 1. The lowest BCUT2D eigenvalue weighted by Crippen LogP contribution is -2.14. The molecule has 0 spiro atoms. The van der Waals surface area contributed by atoms with Crippen LogP contribution in [0.5, 0.6) is 5.75 Å². The van der Waals surface area contributed by atoms with Crippen LogP contribution < -0.4 is 10.5 Å². The molecule has 3 aromatic rings. The summed E-state index contributed by atoms with van der Waals surface area (Å²) in [6, 6.07) is 16.3. The Bertz CT molecular complexity index is 1030. The Balaban J connectivity index is 2.24. The van der Waals surface area contributed by atoms with E-state index in [2.05, 4.69) is 36.6 Å². The smallest absolute Gasteiger partial charge is 0.251 e. The molecule has 1 aromatic heterocycles. The normalized spacial score (nSPS) is 10.9. The van der Waals surface area contributed by atoms with E-state index in [9.17, 15) is 4.79 Å². The van der Waals surface area contributed by atoms with Gasteiger partial charge in [-0.1, -0.05) is 62.2 Å². The molecule has 0 atom stereocenters. The lowest BCUT2D eigenvalue weighted by atomic mass is 9.94. The summed E-state index contributed by atoms with van der Waals surface area (Å²) in [6.45, 7) is 6.93. The van der Waals surface area contributed by atoms with Gasteiger partial charge in [-0.25, -0.2) is 0 Å². The summed E-state index contributed by atoms with van der Waals surface area (Å²) in [4.78, 5) is 12.6. The van der Waals surface area contributed by atoms with Crippen LogP contribution in [0.1, 0.15) is 59.1 Å². The fourth-order valence-electron chi connectivity index (χ4n) is 4.26. The average molecular weight is 405 g/mol. The van der Waals surface area contributed by atoms with E-state index in [4.69, 9.17) is 10.5 Å². The van der Waals surface area contributed by atoms with Crippen LogP contribution in [0.3, 0.4) is 0 Å². The predicted octanol–water partition coefficient (Wildman–Crippen LogP) is 5.66. The number of para-hydroxylation sites is 1. The summed E-state index contributed by atoms with van der Waals surface area (Å²) in [5.41, 5.74) is 12.9. The van der Waals surface area contributed by atoms with Gasteiger partial charge in [0.2, 0.25) is 0 Å². The minimum atomic E-state index is -0.374. The zero-order chi connectivity index (χ0) is 21.7. The van der Waals surface area contributed by atoms with Gasteiger partial charge in [0.15, 0.2) is 0 Å². The first-order valence-corrected chi connectivity index (χ1v) is 10.7. The van der Waals surface area contributed by atoms with Crippen LogP contribution in [-0.4, -0.2) is 17.6 Å². The van der Waals surface area contributed by atoms with Gasteiger partial charge in [0.1, 0.15) is 5.75 Å². The van der Waals surface area contributed by atoms with Crippen molar-refractivity contribution >= 4 is 5.91 Å². The first-order valence-electron chi connectivity index (χ1n) is 10.7. The molecule has 3 rings (SSSR count). The van der Waals surface area contributed by atoms with Crippen molar-refractivity contribution in [2.75, 3.05) is 7.11 Å². The van der Waals surface area contributed by atoms with E-state index < -0.39 is 0 Å². The van der Waals surface area contributed by atoms with Gasteiger partial charge in [-0.3, -0.25) is 4.79 Å². The maximum Gasteiger partial charge on any atom is 0.251 e. The molecule has 0 bridgehead atoms. The third-order valence-corrected chi connectivity index (χ3v) is 5.83. The largest absolute Gasteiger partial charge is 0.496 e. The van der Waals surface area contributed by atoms with E-state index in [1.165, 1.54) is 5.69 Å². The fourth-order valence-corrected chi connectivity index (χ4v) is 4.26. The van der Waals surface area contributed by atoms with Crippen molar-refractivity contribution in [3.05, 3.63) is 76.6 Å². The number of aryl methyl sites for hydroxylation is 1. The van der Waals surface area contributed by atoms with Gasteiger partial charge in [0.25, 0.3) is 5.91 Å². The molecule has 0 aliphatic rings. The molecule has 0 saturated carbocycles. The highest BCUT2D eigenvalue weighted by Gasteiger charge is 2.25. The molecule has 2 aromatic carbocycles. The second-order valence-corrected chi connectivity index (χ2v) is 7.82. The second kappa shape index (κ2) is 9.66. The van der Waals surface area contributed by atoms with E-state index in [0.29, 0.717) is 12.1 Å². The zero-order valence-electron chi connectivity index (χ0n) is 18.5. The van der Waals surface area contributed by atoms with E-state index in [-0.39, 0.29) is 5.91 Å². The standard InChI is InChI=1S/C26H32N2O2/c1-5-6-7-15-22-25(21-14-10-8-12-18(21)2)24(26(27)29)19(3)28(22)17-20-13-9-11-16-23(20)30-4/h8-14,16H,5-7,15,17H2,1-4H3,(H2,27,29). The zero-order valence-corrected chi connectivity index (χ0v) is 18.5. The summed E-state index contributed by atoms with van der Waals surface area (Å²) in [6.07, 6.45) is 4.27. The monoisotopic (exact) mass is 404 g/mol. The van der Waals surface area contributed by atoms with Crippen LogP contribution in [-0.2, 0) is 13.0 Å². The summed E-state index contributed by atoms with van der Waals surface area (Å²) in [5, 5.41) is 0. The fraction of sp³-hybridized carbons (Fsp3) is 0.346. The van der Waals surface area contributed by atoms with Crippen molar-refractivity contribution in [2.24, 2.45) is 5.73 Å². The number of rotatable bonds is 9. The maximum absolute atomic E-state index is 12.6. The van der Waals surface area contributed by atoms with E-state index in [1.807, 2.05) is 37.3 Å². The Labute approximate surface area is 179 Å². The van der Waals surface area contributed by atoms with Gasteiger partial charge in [0, 0.05) is 22.5 Å². The van der Waals surface area contributed by atoms with Crippen LogP contribution in [0.4, 0.5) is 0 Å². The van der Waals surface area contributed by atoms with Crippen LogP contribution in [0, 0.1) is 13.8 Å². The van der Waals surface area contributed by atoms with Gasteiger partial charge in [-0.15, -0.1) is 0 Å². The number of amides is 1. The van der Waals surface area contributed by atoms with Crippen LogP contribution in [0.15, 0.2) is 48.5 Å². The highest BCUT2D eigenvalue weighted by Crippen LogP contribution is 2.36. The van der Waals surface area contributed by atoms with E-state index >= 15 is 0 Å². The minimum absolute atomic E-state index is 0.374. The number of carbonyl (C=O) groups excluding carboxylic acids is 1. The lowest BCUT2D eigenvalue weighted by molar-refractivity contribution is 0.1000. The number of unbranched alkanes of at least 4 members (excludes halogenated alkanes) is 2. The molecule has 30 heavy (non-hydrogen) atoms. The van der Waals surface area contributed by atoms with Gasteiger partial charge in [0.05, 0.1) is 19.2 Å². The summed E-state index contributed by atoms with van der Waals surface area (Å²) in [5.74, 6) is 0.476. The molecule has 2 N–H and O–H groups in total. The Kier molecular flexibility index (Phi) is 6.99. The number of methoxy groups -OCH3 is 1. The molecule has 0 aliphatic heterocycles. The molecule has 0 radical (unpaired) electrons. The topological polar surface area (TPSA) is 57.2 Å². The number of nitrogens with zero attached hydrogens (tertiary/aromatic N) is 1. The number of benzene rings is 2. The van der Waals surface area contributed by atoms with Crippen molar-refractivity contribution < 1.29 is 9.53 Å². The first-order chi connectivity index (χ1) is 14.5. The number of ether oxygens (including phenoxy) is 1. The van der Waals surface area contributed by atoms with Crippen molar-refractivity contribution in [1.29, 1.82) is 0 Å². The molecule has 158 valence electrons. The quantitative estimate of drug-likeness (QED) is 0.468. The molecule has 0 saturated heterocycles. The van der Waals surface area contributed by atoms with Gasteiger partial charge < -0.3 is 15.0 Å². The van der Waals surface area contributed by atoms with Crippen molar-refractivity contribution in [3.8, 4) is 16.9 Å². The van der Waals surface area contributed by atoms with Gasteiger partial charge in [-0.05, 0) is 43.9 Å². The van der Waals surface area contributed by atoms with E-state index in [0.717, 1.165) is 59.4 Å². The number of hydrogen-bond donors (Lipinski definition) is 1. The van der Waals surface area contributed by atoms with E-state index in [1.54, 1.807) is 7.11 Å². The van der Waals surface area contributed by atoms with Gasteiger partial charge >= 0.3 is 0 Å². The van der Waals surface area contributed by atoms with Crippen LogP contribution in [0.25, 0.3) is 11.1 Å². The first kappa shape index (κ1) is 21.7. The number of nitrogens with two attached hydrogens (primary N) is 1. The predicted molar refractivity (Wildman–Crippen MR) is 123 cm³/mol. The Morgan fingerprint density at radius 2 is 1.73 bits per heavy atom. The molecule has 1 heterocycles. The number of hydrogen-bond acceptors (Lipinski definition) is 2. The Hall–Kier alpha value is -3.01. The number of carbonyl (C=O) groups is 1. The SMILES string of the molecule is CCCCCc1c(-c2ccccc2C)c(C(N)=O)c(C)n1Cc1ccccc1OC. The molecular formula is C26H32N2O2. The molecular weight excluding hydrogens is 372 g/mol. The summed E-state index contributed by atoms with van der Waals surface area (Å²) >= 11 is 0. The molecule has 1 amide bonds. The van der Waals surface area contributed by atoms with Crippen LogP contribution >= 0.6 is 0 Å². The third-order valence-electron chi connectivity index (χ3n) is 5.83.